The number of benzene rings is 1. The second-order valence-electron chi connectivity index (χ2n) is 3.98. The third-order valence-electron chi connectivity index (χ3n) is 2.59. The van der Waals surface area contributed by atoms with Crippen LogP contribution in [0.1, 0.15) is 12.8 Å². The van der Waals surface area contributed by atoms with E-state index in [0.717, 1.165) is 12.8 Å². The Bertz CT molecular complexity index is 508. The van der Waals surface area contributed by atoms with Crippen LogP contribution >= 0.6 is 10.7 Å². The van der Waals surface area contributed by atoms with Crippen LogP contribution in [0, 0.1) is 5.92 Å². The first-order chi connectivity index (χ1) is 8.02. The molecule has 1 saturated carbocycles. The van der Waals surface area contributed by atoms with Gasteiger partial charge in [-0.15, -0.1) is 0 Å². The maximum atomic E-state index is 11.4. The monoisotopic (exact) mass is 276 g/mol. The van der Waals surface area contributed by atoms with Crippen molar-refractivity contribution >= 4 is 19.7 Å². The second kappa shape index (κ2) is 4.74. The summed E-state index contributed by atoms with van der Waals surface area (Å²) in [5, 5.41) is 0. The normalized spacial score (nSPS) is 15.6. The van der Waals surface area contributed by atoms with Gasteiger partial charge in [-0.25, -0.2) is 8.42 Å². The minimum absolute atomic E-state index is 0.0424. The Labute approximate surface area is 105 Å². The summed E-state index contributed by atoms with van der Waals surface area (Å²) >= 11 is 0. The van der Waals surface area contributed by atoms with Crippen molar-refractivity contribution < 1.29 is 17.9 Å². The van der Waals surface area contributed by atoms with E-state index in [9.17, 15) is 8.42 Å². The zero-order chi connectivity index (χ0) is 12.5. The van der Waals surface area contributed by atoms with Gasteiger partial charge in [0.25, 0.3) is 9.05 Å². The van der Waals surface area contributed by atoms with Gasteiger partial charge in [0.1, 0.15) is 4.90 Å². The lowest BCUT2D eigenvalue weighted by Gasteiger charge is -2.12. The predicted molar refractivity (Wildman–Crippen MR) is 64.3 cm³/mol. The highest BCUT2D eigenvalue weighted by Crippen LogP contribution is 2.38. The lowest BCUT2D eigenvalue weighted by Crippen LogP contribution is -2.05. The molecule has 94 valence electrons. The maximum Gasteiger partial charge on any atom is 0.265 e. The fraction of sp³-hybridized carbons (Fsp3) is 0.455. The molecule has 1 aromatic rings. The van der Waals surface area contributed by atoms with Crippen molar-refractivity contribution in [2.75, 3.05) is 13.7 Å². The van der Waals surface area contributed by atoms with Crippen molar-refractivity contribution in [1.82, 2.24) is 0 Å². The van der Waals surface area contributed by atoms with Crippen LogP contribution in [-0.4, -0.2) is 22.1 Å². The average molecular weight is 277 g/mol. The highest BCUT2D eigenvalue weighted by Gasteiger charge is 2.25. The Morgan fingerprint density at radius 1 is 1.41 bits per heavy atom. The van der Waals surface area contributed by atoms with Gasteiger partial charge in [0, 0.05) is 10.7 Å². The number of halogens is 1. The lowest BCUT2D eigenvalue weighted by atomic mass is 10.3. The van der Waals surface area contributed by atoms with Crippen LogP contribution in [0.4, 0.5) is 0 Å². The minimum atomic E-state index is -3.83. The molecule has 0 spiro atoms. The van der Waals surface area contributed by atoms with Crippen molar-refractivity contribution in [3.63, 3.8) is 0 Å². The van der Waals surface area contributed by atoms with Crippen molar-refractivity contribution in [2.24, 2.45) is 5.92 Å². The molecule has 0 aliphatic heterocycles. The molecular formula is C11H13ClO4S. The molecule has 0 saturated heterocycles. The molecule has 2 rings (SSSR count). The summed E-state index contributed by atoms with van der Waals surface area (Å²) in [5.74, 6) is 1.11. The van der Waals surface area contributed by atoms with Crippen molar-refractivity contribution in [3.05, 3.63) is 18.2 Å². The van der Waals surface area contributed by atoms with E-state index in [-0.39, 0.29) is 10.6 Å². The molecule has 0 aromatic heterocycles. The maximum absolute atomic E-state index is 11.4. The van der Waals surface area contributed by atoms with Crippen LogP contribution in [-0.2, 0) is 9.05 Å². The van der Waals surface area contributed by atoms with Gasteiger partial charge in [0.15, 0.2) is 11.5 Å². The average Bonchev–Trinajstić information content (AvgIpc) is 3.08. The summed E-state index contributed by atoms with van der Waals surface area (Å²) in [5.41, 5.74) is 0. The van der Waals surface area contributed by atoms with E-state index in [4.69, 9.17) is 20.2 Å². The first-order valence-electron chi connectivity index (χ1n) is 5.27. The smallest absolute Gasteiger partial charge is 0.265 e. The summed E-state index contributed by atoms with van der Waals surface area (Å²) in [4.78, 5) is -0.0424. The molecule has 17 heavy (non-hydrogen) atoms. The fourth-order valence-electron chi connectivity index (χ4n) is 1.48. The molecule has 6 heteroatoms. The van der Waals surface area contributed by atoms with E-state index < -0.39 is 9.05 Å². The van der Waals surface area contributed by atoms with Crippen LogP contribution in [0.25, 0.3) is 0 Å². The van der Waals surface area contributed by atoms with Crippen LogP contribution in [0.15, 0.2) is 23.1 Å². The number of methoxy groups -OCH3 is 1. The zero-order valence-electron chi connectivity index (χ0n) is 9.35. The molecule has 0 N–H and O–H groups in total. The van der Waals surface area contributed by atoms with E-state index in [1.54, 1.807) is 12.1 Å². The molecule has 0 atom stereocenters. The quantitative estimate of drug-likeness (QED) is 0.775. The molecule has 0 radical (unpaired) electrons. The fourth-order valence-corrected chi connectivity index (χ4v) is 2.46. The Balaban J connectivity index is 2.35. The van der Waals surface area contributed by atoms with E-state index >= 15 is 0 Å². The van der Waals surface area contributed by atoms with Gasteiger partial charge >= 0.3 is 0 Å². The topological polar surface area (TPSA) is 52.6 Å². The third-order valence-corrected chi connectivity index (χ3v) is 3.93. The summed E-state index contributed by atoms with van der Waals surface area (Å²) in [6, 6.07) is 4.62. The summed E-state index contributed by atoms with van der Waals surface area (Å²) in [6.45, 7) is 0.500. The van der Waals surface area contributed by atoms with Crippen LogP contribution < -0.4 is 9.47 Å². The van der Waals surface area contributed by atoms with Gasteiger partial charge < -0.3 is 9.47 Å². The first-order valence-corrected chi connectivity index (χ1v) is 7.58. The molecule has 0 amide bonds. The van der Waals surface area contributed by atoms with Gasteiger partial charge in [-0.1, -0.05) is 6.07 Å². The summed E-state index contributed by atoms with van der Waals surface area (Å²) in [7, 11) is 3.00. The Hall–Kier alpha value is -0.940. The number of ether oxygens (including phenoxy) is 2. The molecule has 4 nitrogen and oxygen atoms in total. The molecule has 1 aromatic carbocycles. The highest BCUT2D eigenvalue weighted by molar-refractivity contribution is 8.13. The Kier molecular flexibility index (Phi) is 3.49. The van der Waals surface area contributed by atoms with Gasteiger partial charge in [0.05, 0.1) is 13.7 Å². The van der Waals surface area contributed by atoms with E-state index in [2.05, 4.69) is 0 Å². The Morgan fingerprint density at radius 3 is 2.65 bits per heavy atom. The van der Waals surface area contributed by atoms with Crippen molar-refractivity contribution in [2.45, 2.75) is 17.7 Å². The third kappa shape index (κ3) is 3.04. The molecule has 1 aliphatic carbocycles. The van der Waals surface area contributed by atoms with Crippen molar-refractivity contribution in [3.8, 4) is 11.5 Å². The molecule has 0 unspecified atom stereocenters. The molecule has 1 fully saturated rings. The zero-order valence-corrected chi connectivity index (χ0v) is 10.9. The molecule has 0 heterocycles. The summed E-state index contributed by atoms with van der Waals surface area (Å²) < 4.78 is 33.4. The van der Waals surface area contributed by atoms with Gasteiger partial charge in [-0.05, 0) is 30.9 Å². The standard InChI is InChI=1S/C11H13ClO4S/c1-15-9-3-2-4-10(17(12,13)14)11(9)16-7-8-5-6-8/h2-4,8H,5-7H2,1H3. The largest absolute Gasteiger partial charge is 0.493 e. The van der Waals surface area contributed by atoms with Gasteiger partial charge in [-0.3, -0.25) is 0 Å². The molecule has 1 aliphatic rings. The molecular weight excluding hydrogens is 264 g/mol. The molecule has 0 bridgehead atoms. The van der Waals surface area contributed by atoms with Gasteiger partial charge in [-0.2, -0.15) is 0 Å². The number of hydrogen-bond acceptors (Lipinski definition) is 4. The minimum Gasteiger partial charge on any atom is -0.493 e. The summed E-state index contributed by atoms with van der Waals surface area (Å²) in [6.07, 6.45) is 2.25. The van der Waals surface area contributed by atoms with Crippen LogP contribution in [0.3, 0.4) is 0 Å². The van der Waals surface area contributed by atoms with Gasteiger partial charge in [0.2, 0.25) is 0 Å². The number of rotatable bonds is 5. The highest BCUT2D eigenvalue weighted by atomic mass is 35.7. The van der Waals surface area contributed by atoms with E-state index in [0.29, 0.717) is 18.3 Å². The number of hydrogen-bond donors (Lipinski definition) is 0. The van der Waals surface area contributed by atoms with Crippen LogP contribution in [0.2, 0.25) is 0 Å². The SMILES string of the molecule is COc1cccc(S(=O)(=O)Cl)c1OCC1CC1. The van der Waals surface area contributed by atoms with Crippen LogP contribution in [0.5, 0.6) is 11.5 Å². The lowest BCUT2D eigenvalue weighted by molar-refractivity contribution is 0.273. The number of para-hydroxylation sites is 1. The predicted octanol–water partition coefficient (Wildman–Crippen LogP) is 2.41. The van der Waals surface area contributed by atoms with E-state index in [1.165, 1.54) is 13.2 Å². The first kappa shape index (κ1) is 12.5. The van der Waals surface area contributed by atoms with Crippen molar-refractivity contribution in [1.29, 1.82) is 0 Å². The van der Waals surface area contributed by atoms with E-state index in [1.807, 2.05) is 0 Å². The second-order valence-corrected chi connectivity index (χ2v) is 6.51. The Morgan fingerprint density at radius 2 is 2.12 bits per heavy atom.